The zero-order valence-corrected chi connectivity index (χ0v) is 13.0. The van der Waals surface area contributed by atoms with Crippen LogP contribution < -0.4 is 5.32 Å². The minimum absolute atomic E-state index is 0.632. The molecule has 0 bridgehead atoms. The first-order chi connectivity index (χ1) is 9.67. The molecule has 1 heterocycles. The summed E-state index contributed by atoms with van der Waals surface area (Å²) in [6, 6.07) is 8.70. The van der Waals surface area contributed by atoms with E-state index >= 15 is 0 Å². The lowest BCUT2D eigenvalue weighted by molar-refractivity contribution is 0.418. The topological polar surface area (TPSA) is 17.0 Å². The molecule has 1 aliphatic carbocycles. The third-order valence-electron chi connectivity index (χ3n) is 5.04. The Morgan fingerprint density at radius 2 is 2.00 bits per heavy atom. The second-order valence-electron chi connectivity index (χ2n) is 6.50. The van der Waals surface area contributed by atoms with E-state index in [1.165, 1.54) is 54.4 Å². The Labute approximate surface area is 122 Å². The summed E-state index contributed by atoms with van der Waals surface area (Å²) in [5.74, 6) is 0. The lowest BCUT2D eigenvalue weighted by Gasteiger charge is -2.15. The average Bonchev–Trinajstić information content (AvgIpc) is 3.18. The van der Waals surface area contributed by atoms with Crippen molar-refractivity contribution in [1.82, 2.24) is 9.88 Å². The molecule has 1 aromatic heterocycles. The largest absolute Gasteiger partial charge is 0.346 e. The highest BCUT2D eigenvalue weighted by Gasteiger charge is 2.40. The van der Waals surface area contributed by atoms with Gasteiger partial charge in [0.2, 0.25) is 0 Å². The quantitative estimate of drug-likeness (QED) is 0.834. The Balaban J connectivity index is 1.72. The number of aromatic nitrogens is 1. The van der Waals surface area contributed by atoms with E-state index < -0.39 is 0 Å². The van der Waals surface area contributed by atoms with E-state index in [0.29, 0.717) is 5.41 Å². The molecule has 0 saturated heterocycles. The smallest absolute Gasteiger partial charge is 0.0483 e. The van der Waals surface area contributed by atoms with Crippen LogP contribution >= 0.6 is 0 Å². The maximum atomic E-state index is 3.71. The van der Waals surface area contributed by atoms with E-state index in [1.807, 2.05) is 0 Å². The predicted molar refractivity (Wildman–Crippen MR) is 85.9 cm³/mol. The molecule has 108 valence electrons. The normalized spacial score (nSPS) is 16.8. The van der Waals surface area contributed by atoms with Gasteiger partial charge in [-0.3, -0.25) is 0 Å². The number of aryl methyl sites for hydroxylation is 2. The first-order valence-electron chi connectivity index (χ1n) is 7.90. The van der Waals surface area contributed by atoms with E-state index in [1.54, 1.807) is 0 Å². The van der Waals surface area contributed by atoms with Gasteiger partial charge in [0.05, 0.1) is 0 Å². The SMILES string of the molecule is CCCC1(CNCc2c(C)c3ccccc3n2C)CC1. The van der Waals surface area contributed by atoms with Gasteiger partial charge in [-0.25, -0.2) is 0 Å². The fourth-order valence-corrected chi connectivity index (χ4v) is 3.56. The van der Waals surface area contributed by atoms with Gasteiger partial charge in [0, 0.05) is 36.7 Å². The highest BCUT2D eigenvalue weighted by molar-refractivity contribution is 5.85. The summed E-state index contributed by atoms with van der Waals surface area (Å²) in [7, 11) is 2.19. The van der Waals surface area contributed by atoms with Gasteiger partial charge >= 0.3 is 0 Å². The van der Waals surface area contributed by atoms with E-state index in [-0.39, 0.29) is 0 Å². The molecule has 3 rings (SSSR count). The number of hydrogen-bond donors (Lipinski definition) is 1. The maximum absolute atomic E-state index is 3.71. The fourth-order valence-electron chi connectivity index (χ4n) is 3.56. The molecule has 1 saturated carbocycles. The lowest BCUT2D eigenvalue weighted by Crippen LogP contribution is -2.24. The summed E-state index contributed by atoms with van der Waals surface area (Å²) in [6.45, 7) is 6.72. The first-order valence-corrected chi connectivity index (χ1v) is 7.90. The summed E-state index contributed by atoms with van der Waals surface area (Å²) >= 11 is 0. The van der Waals surface area contributed by atoms with Crippen molar-refractivity contribution in [2.45, 2.75) is 46.1 Å². The lowest BCUT2D eigenvalue weighted by atomic mass is 10.0. The average molecular weight is 270 g/mol. The molecule has 2 aromatic rings. The standard InChI is InChI=1S/C18H26N2/c1-4-9-18(10-11-18)13-19-12-17-14(2)15-7-5-6-8-16(15)20(17)3/h5-8,19H,4,9-13H2,1-3H3. The summed E-state index contributed by atoms with van der Waals surface area (Å²) in [5, 5.41) is 5.10. The number of para-hydroxylation sites is 1. The van der Waals surface area contributed by atoms with Gasteiger partial charge in [-0.1, -0.05) is 31.5 Å². The first kappa shape index (κ1) is 13.7. The van der Waals surface area contributed by atoms with Gasteiger partial charge in [0.1, 0.15) is 0 Å². The molecule has 2 nitrogen and oxygen atoms in total. The Hall–Kier alpha value is -1.28. The van der Waals surface area contributed by atoms with Gasteiger partial charge in [-0.05, 0) is 43.2 Å². The minimum Gasteiger partial charge on any atom is -0.346 e. The monoisotopic (exact) mass is 270 g/mol. The third-order valence-corrected chi connectivity index (χ3v) is 5.04. The van der Waals surface area contributed by atoms with Crippen molar-refractivity contribution < 1.29 is 0 Å². The van der Waals surface area contributed by atoms with Gasteiger partial charge in [0.15, 0.2) is 0 Å². The van der Waals surface area contributed by atoms with Gasteiger partial charge < -0.3 is 9.88 Å². The Kier molecular flexibility index (Phi) is 3.59. The molecule has 0 atom stereocenters. The van der Waals surface area contributed by atoms with Crippen LogP contribution in [0.4, 0.5) is 0 Å². The molecule has 0 unspecified atom stereocenters. The molecule has 1 aromatic carbocycles. The number of rotatable bonds is 6. The van der Waals surface area contributed by atoms with E-state index in [4.69, 9.17) is 0 Å². The molecule has 0 radical (unpaired) electrons. The van der Waals surface area contributed by atoms with Crippen LogP contribution in [0.2, 0.25) is 0 Å². The van der Waals surface area contributed by atoms with E-state index in [9.17, 15) is 0 Å². The Morgan fingerprint density at radius 1 is 1.25 bits per heavy atom. The molecule has 0 amide bonds. The molecular formula is C18H26N2. The number of nitrogens with one attached hydrogen (secondary N) is 1. The minimum atomic E-state index is 0.632. The van der Waals surface area contributed by atoms with Crippen LogP contribution in [0.3, 0.4) is 0 Å². The summed E-state index contributed by atoms with van der Waals surface area (Å²) < 4.78 is 2.34. The molecule has 20 heavy (non-hydrogen) atoms. The van der Waals surface area contributed by atoms with Crippen molar-refractivity contribution in [1.29, 1.82) is 0 Å². The maximum Gasteiger partial charge on any atom is 0.0483 e. The van der Waals surface area contributed by atoms with Crippen molar-refractivity contribution in [2.24, 2.45) is 12.5 Å². The number of fused-ring (bicyclic) bond motifs is 1. The fraction of sp³-hybridized carbons (Fsp3) is 0.556. The summed E-state index contributed by atoms with van der Waals surface area (Å²) in [4.78, 5) is 0. The van der Waals surface area contributed by atoms with Crippen LogP contribution in [0.5, 0.6) is 0 Å². The van der Waals surface area contributed by atoms with Gasteiger partial charge in [-0.15, -0.1) is 0 Å². The second-order valence-corrected chi connectivity index (χ2v) is 6.50. The number of hydrogen-bond acceptors (Lipinski definition) is 1. The molecule has 2 heteroatoms. The second kappa shape index (κ2) is 5.25. The molecule has 1 aliphatic rings. The van der Waals surface area contributed by atoms with Crippen LogP contribution in [0.1, 0.15) is 43.9 Å². The zero-order chi connectivity index (χ0) is 14.2. The zero-order valence-electron chi connectivity index (χ0n) is 13.0. The Morgan fingerprint density at radius 3 is 2.65 bits per heavy atom. The van der Waals surface area contributed by atoms with Crippen LogP contribution in [-0.2, 0) is 13.6 Å². The van der Waals surface area contributed by atoms with Crippen LogP contribution in [-0.4, -0.2) is 11.1 Å². The third kappa shape index (κ3) is 2.37. The molecule has 1 N–H and O–H groups in total. The summed E-state index contributed by atoms with van der Waals surface area (Å²) in [6.07, 6.45) is 5.53. The molecule has 0 spiro atoms. The summed E-state index contributed by atoms with van der Waals surface area (Å²) in [5.41, 5.74) is 4.83. The van der Waals surface area contributed by atoms with Gasteiger partial charge in [-0.2, -0.15) is 0 Å². The van der Waals surface area contributed by atoms with Gasteiger partial charge in [0.25, 0.3) is 0 Å². The van der Waals surface area contributed by atoms with Crippen LogP contribution in [0, 0.1) is 12.3 Å². The van der Waals surface area contributed by atoms with E-state index in [2.05, 4.69) is 55.0 Å². The molecular weight excluding hydrogens is 244 g/mol. The van der Waals surface area contributed by atoms with Crippen molar-refractivity contribution in [3.63, 3.8) is 0 Å². The Bertz CT molecular complexity index is 566. The van der Waals surface area contributed by atoms with Crippen LogP contribution in [0.15, 0.2) is 24.3 Å². The van der Waals surface area contributed by atoms with Crippen molar-refractivity contribution in [2.75, 3.05) is 6.54 Å². The van der Waals surface area contributed by atoms with Crippen molar-refractivity contribution in [3.05, 3.63) is 35.5 Å². The van der Waals surface area contributed by atoms with E-state index in [0.717, 1.165) is 6.54 Å². The van der Waals surface area contributed by atoms with Crippen LogP contribution in [0.25, 0.3) is 10.9 Å². The highest BCUT2D eigenvalue weighted by atomic mass is 15.0. The predicted octanol–water partition coefficient (Wildman–Crippen LogP) is 4.16. The highest BCUT2D eigenvalue weighted by Crippen LogP contribution is 2.48. The van der Waals surface area contributed by atoms with Crippen molar-refractivity contribution >= 4 is 10.9 Å². The molecule has 1 fully saturated rings. The van der Waals surface area contributed by atoms with Crippen molar-refractivity contribution in [3.8, 4) is 0 Å². The number of nitrogens with zero attached hydrogens (tertiary/aromatic N) is 1. The number of benzene rings is 1. The molecule has 0 aliphatic heterocycles.